The van der Waals surface area contributed by atoms with Crippen LogP contribution < -0.4 is 5.11 Å². The molecule has 0 bridgehead atoms. The Bertz CT molecular complexity index is 511. The molecule has 0 amide bonds. The first-order chi connectivity index (χ1) is 9.72. The molecule has 1 aliphatic rings. The van der Waals surface area contributed by atoms with Crippen LogP contribution in [0, 0.1) is 16.7 Å². The van der Waals surface area contributed by atoms with Crippen LogP contribution >= 0.6 is 0 Å². The van der Waals surface area contributed by atoms with E-state index in [0.29, 0.717) is 18.4 Å². The van der Waals surface area contributed by atoms with Crippen molar-refractivity contribution in [1.29, 1.82) is 0 Å². The summed E-state index contributed by atoms with van der Waals surface area (Å²) in [6.07, 6.45) is -1.00. The van der Waals surface area contributed by atoms with Crippen LogP contribution in [-0.2, 0) is 4.79 Å². The number of aliphatic carboxylic acids is 1. The number of carboxylic acids is 1. The van der Waals surface area contributed by atoms with Crippen molar-refractivity contribution in [1.82, 2.24) is 0 Å². The lowest BCUT2D eigenvalue weighted by molar-refractivity contribution is -0.323. The lowest BCUT2D eigenvalue weighted by Crippen LogP contribution is -2.50. The fraction of sp³-hybridized carbons (Fsp3) is 0.588. The van der Waals surface area contributed by atoms with Crippen LogP contribution in [0.1, 0.15) is 45.3 Å². The van der Waals surface area contributed by atoms with Crippen LogP contribution in [0.4, 0.5) is 0 Å². The van der Waals surface area contributed by atoms with E-state index in [-0.39, 0.29) is 5.92 Å². The summed E-state index contributed by atoms with van der Waals surface area (Å²) in [7, 11) is 0. The van der Waals surface area contributed by atoms with Gasteiger partial charge in [-0.3, -0.25) is 0 Å². The second-order valence-electron chi connectivity index (χ2n) is 6.83. The predicted molar refractivity (Wildman–Crippen MR) is 77.0 cm³/mol. The smallest absolute Gasteiger partial charge is 0.105 e. The molecule has 21 heavy (non-hydrogen) atoms. The molecule has 116 valence electrons. The Morgan fingerprint density at radius 1 is 1.24 bits per heavy atom. The van der Waals surface area contributed by atoms with Crippen LogP contribution in [0.5, 0.6) is 0 Å². The minimum Gasteiger partial charge on any atom is -0.550 e. The van der Waals surface area contributed by atoms with Gasteiger partial charge in [0.1, 0.15) is 6.10 Å². The van der Waals surface area contributed by atoms with Crippen LogP contribution in [0.2, 0.25) is 0 Å². The molecule has 0 saturated heterocycles. The lowest BCUT2D eigenvalue weighted by Gasteiger charge is -2.44. The van der Waals surface area contributed by atoms with Gasteiger partial charge in [-0.25, -0.2) is 0 Å². The SMILES string of the molecule is CC1(C(=O)[O-])CCC(C(O)C(O)c2ccccc2)C1(C)C. The molecule has 0 heterocycles. The molecule has 0 spiro atoms. The summed E-state index contributed by atoms with van der Waals surface area (Å²) < 4.78 is 0. The minimum absolute atomic E-state index is 0.296. The Balaban J connectivity index is 2.25. The molecule has 0 aromatic heterocycles. The van der Waals surface area contributed by atoms with E-state index in [1.165, 1.54) is 0 Å². The van der Waals surface area contributed by atoms with Gasteiger partial charge in [0.15, 0.2) is 0 Å². The van der Waals surface area contributed by atoms with Gasteiger partial charge < -0.3 is 20.1 Å². The number of benzene rings is 1. The molecular formula is C17H23O4-. The topological polar surface area (TPSA) is 80.6 Å². The van der Waals surface area contributed by atoms with Crippen molar-refractivity contribution < 1.29 is 20.1 Å². The number of hydrogen-bond acceptors (Lipinski definition) is 4. The first-order valence-corrected chi connectivity index (χ1v) is 7.34. The fourth-order valence-electron chi connectivity index (χ4n) is 3.57. The standard InChI is InChI=1S/C17H24O4/c1-16(2)12(9-10-17(16,3)15(20)21)14(19)13(18)11-7-5-4-6-8-11/h4-8,12-14,18-19H,9-10H2,1-3H3,(H,20,21)/p-1. The first-order valence-electron chi connectivity index (χ1n) is 7.34. The molecule has 1 fully saturated rings. The third-order valence-electron chi connectivity index (χ3n) is 5.63. The highest BCUT2D eigenvalue weighted by Gasteiger charge is 2.55. The summed E-state index contributed by atoms with van der Waals surface area (Å²) in [6, 6.07) is 8.96. The van der Waals surface area contributed by atoms with Crippen molar-refractivity contribution in [2.24, 2.45) is 16.7 Å². The highest BCUT2D eigenvalue weighted by Crippen LogP contribution is 2.57. The highest BCUT2D eigenvalue weighted by atomic mass is 16.4. The maximum absolute atomic E-state index is 11.5. The Kier molecular flexibility index (Phi) is 4.13. The zero-order valence-electron chi connectivity index (χ0n) is 12.7. The van der Waals surface area contributed by atoms with Crippen molar-refractivity contribution in [2.45, 2.75) is 45.8 Å². The van der Waals surface area contributed by atoms with Crippen LogP contribution in [-0.4, -0.2) is 22.3 Å². The second-order valence-corrected chi connectivity index (χ2v) is 6.83. The van der Waals surface area contributed by atoms with E-state index in [4.69, 9.17) is 0 Å². The van der Waals surface area contributed by atoms with Crippen LogP contribution in [0.25, 0.3) is 0 Å². The van der Waals surface area contributed by atoms with Gasteiger partial charge in [-0.2, -0.15) is 0 Å². The number of carbonyl (C=O) groups excluding carboxylic acids is 1. The molecule has 2 rings (SSSR count). The van der Waals surface area contributed by atoms with Crippen molar-refractivity contribution in [3.05, 3.63) is 35.9 Å². The normalized spacial score (nSPS) is 30.8. The Morgan fingerprint density at radius 3 is 2.29 bits per heavy atom. The average molecular weight is 291 g/mol. The summed E-state index contributed by atoms with van der Waals surface area (Å²) in [5.41, 5.74) is -1.00. The largest absolute Gasteiger partial charge is 0.550 e. The molecule has 1 aromatic carbocycles. The van der Waals surface area contributed by atoms with E-state index >= 15 is 0 Å². The quantitative estimate of drug-likeness (QED) is 0.875. The molecule has 0 aliphatic heterocycles. The Labute approximate surface area is 125 Å². The van der Waals surface area contributed by atoms with Gasteiger partial charge in [0.05, 0.1) is 6.10 Å². The van der Waals surface area contributed by atoms with Crippen molar-refractivity contribution in [3.8, 4) is 0 Å². The van der Waals surface area contributed by atoms with Gasteiger partial charge in [-0.15, -0.1) is 0 Å². The third-order valence-corrected chi connectivity index (χ3v) is 5.63. The fourth-order valence-corrected chi connectivity index (χ4v) is 3.57. The van der Waals surface area contributed by atoms with Crippen LogP contribution in [0.3, 0.4) is 0 Å². The Hall–Kier alpha value is -1.39. The van der Waals surface area contributed by atoms with Gasteiger partial charge >= 0.3 is 0 Å². The number of aliphatic hydroxyl groups excluding tert-OH is 2. The van der Waals surface area contributed by atoms with Gasteiger partial charge in [0, 0.05) is 11.4 Å². The lowest BCUT2D eigenvalue weighted by atomic mass is 9.64. The summed E-state index contributed by atoms with van der Waals surface area (Å²) in [6.45, 7) is 5.34. The number of carboxylic acid groups (broad SMARTS) is 1. The molecule has 2 N–H and O–H groups in total. The van der Waals surface area contributed by atoms with Crippen molar-refractivity contribution in [3.63, 3.8) is 0 Å². The van der Waals surface area contributed by atoms with Gasteiger partial charge in [-0.05, 0) is 29.7 Å². The molecule has 4 unspecified atom stereocenters. The number of aliphatic hydroxyl groups is 2. The van der Waals surface area contributed by atoms with Crippen molar-refractivity contribution >= 4 is 5.97 Å². The Morgan fingerprint density at radius 2 is 1.81 bits per heavy atom. The minimum atomic E-state index is -1.09. The highest BCUT2D eigenvalue weighted by molar-refractivity contribution is 5.73. The predicted octanol–water partition coefficient (Wildman–Crippen LogP) is 1.27. The van der Waals surface area contributed by atoms with Crippen LogP contribution in [0.15, 0.2) is 30.3 Å². The van der Waals surface area contributed by atoms with Gasteiger partial charge in [0.2, 0.25) is 0 Å². The maximum Gasteiger partial charge on any atom is 0.105 e. The zero-order chi connectivity index (χ0) is 15.8. The van der Waals surface area contributed by atoms with E-state index in [9.17, 15) is 20.1 Å². The molecule has 1 aliphatic carbocycles. The average Bonchev–Trinajstić information content (AvgIpc) is 2.70. The summed E-state index contributed by atoms with van der Waals surface area (Å²) >= 11 is 0. The zero-order valence-corrected chi connectivity index (χ0v) is 12.7. The van der Waals surface area contributed by atoms with Gasteiger partial charge in [-0.1, -0.05) is 51.1 Å². The summed E-state index contributed by atoms with van der Waals surface area (Å²) in [5.74, 6) is -1.38. The molecule has 0 radical (unpaired) electrons. The van der Waals surface area contributed by atoms with E-state index in [1.54, 1.807) is 31.2 Å². The third kappa shape index (κ3) is 2.47. The molecule has 4 nitrogen and oxygen atoms in total. The summed E-state index contributed by atoms with van der Waals surface area (Å²) in [5, 5.41) is 32.4. The number of hydrogen-bond donors (Lipinski definition) is 2. The first kappa shape index (κ1) is 16.0. The van der Waals surface area contributed by atoms with Crippen molar-refractivity contribution in [2.75, 3.05) is 0 Å². The molecule has 4 atom stereocenters. The molecule has 1 saturated carbocycles. The molecule has 1 aromatic rings. The van der Waals surface area contributed by atoms with E-state index < -0.39 is 29.0 Å². The number of carbonyl (C=O) groups is 1. The number of rotatable bonds is 4. The monoisotopic (exact) mass is 291 g/mol. The van der Waals surface area contributed by atoms with Gasteiger partial charge in [0.25, 0.3) is 0 Å². The van der Waals surface area contributed by atoms with E-state index in [0.717, 1.165) is 0 Å². The molecular weight excluding hydrogens is 268 g/mol. The van der Waals surface area contributed by atoms with E-state index in [2.05, 4.69) is 0 Å². The maximum atomic E-state index is 11.5. The molecule has 4 heteroatoms. The second kappa shape index (κ2) is 5.43. The van der Waals surface area contributed by atoms with E-state index in [1.807, 2.05) is 19.9 Å². The summed E-state index contributed by atoms with van der Waals surface area (Å²) in [4.78, 5) is 11.5.